The summed E-state index contributed by atoms with van der Waals surface area (Å²) in [5, 5.41) is 0.425. The molecule has 1 heterocycles. The molecule has 0 unspecified atom stereocenters. The van der Waals surface area contributed by atoms with E-state index in [2.05, 4.69) is 13.8 Å². The molecule has 6 heteroatoms. The molecule has 0 saturated carbocycles. The number of rotatable bonds is 4. The molecule has 74 valence electrons. The first kappa shape index (κ1) is 11.5. The van der Waals surface area contributed by atoms with Crippen LogP contribution in [-0.4, -0.2) is 16.2 Å². The topological polar surface area (TPSA) is 29.5 Å². The predicted octanol–water partition coefficient (Wildman–Crippen LogP) is 4.07. The average Bonchev–Trinajstić information content (AvgIpc) is 2.38. The van der Waals surface area contributed by atoms with E-state index in [0.29, 0.717) is 5.25 Å². The quantitative estimate of drug-likeness (QED) is 0.459. The van der Waals surface area contributed by atoms with Crippen molar-refractivity contribution in [3.8, 4) is 0 Å². The Morgan fingerprint density at radius 2 is 1.75 bits per heavy atom. The fraction of sp³-hybridized carbons (Fsp3) is 1.00. The Morgan fingerprint density at radius 3 is 2.00 bits per heavy atom. The van der Waals surface area contributed by atoms with Gasteiger partial charge in [-0.2, -0.15) is 0 Å². The second-order valence-corrected chi connectivity index (χ2v) is 18.8. The van der Waals surface area contributed by atoms with Crippen molar-refractivity contribution in [2.24, 2.45) is 0 Å². The van der Waals surface area contributed by atoms with Crippen LogP contribution in [0.15, 0.2) is 0 Å². The average molecular weight is 246 g/mol. The summed E-state index contributed by atoms with van der Waals surface area (Å²) in [5.41, 5.74) is 0. The molecule has 1 fully saturated rings. The van der Waals surface area contributed by atoms with Crippen LogP contribution in [-0.2, 0) is 4.52 Å². The van der Waals surface area contributed by atoms with Crippen molar-refractivity contribution >= 4 is 36.9 Å². The molecule has 1 N–H and O–H groups in total. The van der Waals surface area contributed by atoms with Crippen molar-refractivity contribution in [2.75, 3.05) is 0 Å². The zero-order valence-corrected chi connectivity index (χ0v) is 11.0. The zero-order chi connectivity index (χ0) is 9.43. The summed E-state index contributed by atoms with van der Waals surface area (Å²) in [6, 6.07) is 0. The SMILES string of the molecule is CC(C)OP1(O)(SC(C)C)SS1. The summed E-state index contributed by atoms with van der Waals surface area (Å²) in [5.74, 6) is 0. The van der Waals surface area contributed by atoms with Gasteiger partial charge in [0.1, 0.15) is 0 Å². The fourth-order valence-electron chi connectivity index (χ4n) is 0.842. The summed E-state index contributed by atoms with van der Waals surface area (Å²) >= 11 is 1.59. The molecule has 0 aromatic carbocycles. The Bertz CT molecular complexity index is 168. The Balaban J connectivity index is 2.54. The van der Waals surface area contributed by atoms with E-state index in [1.54, 1.807) is 11.4 Å². The van der Waals surface area contributed by atoms with Crippen LogP contribution in [0.1, 0.15) is 27.7 Å². The molecule has 12 heavy (non-hydrogen) atoms. The molecular weight excluding hydrogens is 231 g/mol. The molecule has 0 aromatic heterocycles. The van der Waals surface area contributed by atoms with Gasteiger partial charge in [0.15, 0.2) is 0 Å². The minimum absolute atomic E-state index is 0.112. The summed E-state index contributed by atoms with van der Waals surface area (Å²) in [6.07, 6.45) is 0.112. The van der Waals surface area contributed by atoms with Gasteiger partial charge in [0, 0.05) is 0 Å². The van der Waals surface area contributed by atoms with Crippen LogP contribution in [0.25, 0.3) is 0 Å². The summed E-state index contributed by atoms with van der Waals surface area (Å²) in [6.45, 7) is 8.09. The van der Waals surface area contributed by atoms with Crippen LogP contribution in [0, 0.1) is 0 Å². The van der Waals surface area contributed by atoms with E-state index in [1.807, 2.05) is 13.8 Å². The molecule has 0 aliphatic carbocycles. The van der Waals surface area contributed by atoms with E-state index >= 15 is 0 Å². The van der Waals surface area contributed by atoms with Gasteiger partial charge in [-0.3, -0.25) is 0 Å². The molecule has 1 aliphatic heterocycles. The third-order valence-electron chi connectivity index (χ3n) is 1.04. The van der Waals surface area contributed by atoms with Gasteiger partial charge in [0.2, 0.25) is 0 Å². The molecule has 0 atom stereocenters. The van der Waals surface area contributed by atoms with Crippen molar-refractivity contribution in [3.05, 3.63) is 0 Å². The van der Waals surface area contributed by atoms with E-state index in [4.69, 9.17) is 4.52 Å². The van der Waals surface area contributed by atoms with Crippen LogP contribution in [0.2, 0.25) is 0 Å². The van der Waals surface area contributed by atoms with Gasteiger partial charge in [0.25, 0.3) is 0 Å². The number of hydrogen-bond donors (Lipinski definition) is 1. The van der Waals surface area contributed by atoms with Crippen LogP contribution in [0.4, 0.5) is 0 Å². The monoisotopic (exact) mass is 246 g/mol. The standard InChI is InChI=1S/C6H15O2PS3/c1-5(2)8-9(7,11-12-9)10-6(3)4/h5-7H,1-4H3. The van der Waals surface area contributed by atoms with Crippen molar-refractivity contribution < 1.29 is 9.42 Å². The van der Waals surface area contributed by atoms with Crippen LogP contribution < -0.4 is 0 Å². The third-order valence-corrected chi connectivity index (χ3v) is 17.4. The van der Waals surface area contributed by atoms with Crippen LogP contribution >= 0.6 is 36.9 Å². The molecule has 0 amide bonds. The summed E-state index contributed by atoms with van der Waals surface area (Å²) in [4.78, 5) is 10.2. The molecule has 0 aromatic rings. The van der Waals surface area contributed by atoms with Crippen molar-refractivity contribution in [3.63, 3.8) is 0 Å². The van der Waals surface area contributed by atoms with E-state index in [1.165, 1.54) is 20.8 Å². The molecule has 0 spiro atoms. The van der Waals surface area contributed by atoms with Gasteiger partial charge >= 0.3 is 85.3 Å². The van der Waals surface area contributed by atoms with Gasteiger partial charge in [-0.15, -0.1) is 0 Å². The number of hydrogen-bond acceptors (Lipinski definition) is 5. The second-order valence-electron chi connectivity index (χ2n) is 3.23. The van der Waals surface area contributed by atoms with Crippen molar-refractivity contribution in [1.82, 2.24) is 0 Å². The summed E-state index contributed by atoms with van der Waals surface area (Å²) < 4.78 is 2.83. The molecule has 1 aliphatic rings. The van der Waals surface area contributed by atoms with E-state index in [9.17, 15) is 4.89 Å². The Labute approximate surface area is 85.3 Å². The van der Waals surface area contributed by atoms with Crippen LogP contribution in [0.5, 0.6) is 0 Å². The molecule has 2 nitrogen and oxygen atoms in total. The maximum absolute atomic E-state index is 10.2. The van der Waals surface area contributed by atoms with Gasteiger partial charge in [-0.05, 0) is 0 Å². The first-order chi connectivity index (χ1) is 5.34. The van der Waals surface area contributed by atoms with Gasteiger partial charge in [0.05, 0.1) is 0 Å². The van der Waals surface area contributed by atoms with E-state index in [0.717, 1.165) is 0 Å². The van der Waals surface area contributed by atoms with Gasteiger partial charge in [-0.25, -0.2) is 0 Å². The second kappa shape index (κ2) is 3.52. The third kappa shape index (κ3) is 2.96. The maximum atomic E-state index is 10.2. The molecule has 0 bridgehead atoms. The zero-order valence-electron chi connectivity index (χ0n) is 7.68. The van der Waals surface area contributed by atoms with Crippen molar-refractivity contribution in [2.45, 2.75) is 39.0 Å². The first-order valence-corrected chi connectivity index (χ1v) is 10.8. The van der Waals surface area contributed by atoms with Crippen molar-refractivity contribution in [1.29, 1.82) is 0 Å². The molecule has 1 saturated heterocycles. The Hall–Kier alpha value is 1.40. The molecule has 0 radical (unpaired) electrons. The molecular formula is C6H15O2PS3. The minimum atomic E-state index is -2.79. The van der Waals surface area contributed by atoms with Gasteiger partial charge in [-0.1, -0.05) is 0 Å². The first-order valence-electron chi connectivity index (χ1n) is 3.88. The normalized spacial score (nSPS) is 28.4. The Morgan fingerprint density at radius 1 is 1.25 bits per heavy atom. The summed E-state index contributed by atoms with van der Waals surface area (Å²) in [7, 11) is 3.04. The fourth-order valence-corrected chi connectivity index (χ4v) is 18.5. The van der Waals surface area contributed by atoms with E-state index in [-0.39, 0.29) is 6.10 Å². The van der Waals surface area contributed by atoms with E-state index < -0.39 is 4.66 Å². The predicted molar refractivity (Wildman–Crippen MR) is 63.3 cm³/mol. The van der Waals surface area contributed by atoms with Gasteiger partial charge < -0.3 is 0 Å². The van der Waals surface area contributed by atoms with Crippen LogP contribution in [0.3, 0.4) is 0 Å². The molecule has 1 rings (SSSR count). The Kier molecular flexibility index (Phi) is 3.36.